The van der Waals surface area contributed by atoms with Gasteiger partial charge in [-0.3, -0.25) is 0 Å². The summed E-state index contributed by atoms with van der Waals surface area (Å²) >= 11 is 0. The van der Waals surface area contributed by atoms with E-state index < -0.39 is 0 Å². The monoisotopic (exact) mass is 292 g/mol. The van der Waals surface area contributed by atoms with Crippen molar-refractivity contribution in [2.45, 2.75) is 79.6 Å². The van der Waals surface area contributed by atoms with E-state index in [-0.39, 0.29) is 6.61 Å². The van der Waals surface area contributed by atoms with Crippen LogP contribution in [-0.2, 0) is 0 Å². The molecule has 4 atom stereocenters. The Bertz CT molecular complexity index is 381. The molecule has 0 aliphatic heterocycles. The third kappa shape index (κ3) is 3.38. The Hall–Kier alpha value is -0.300. The van der Waals surface area contributed by atoms with Crippen molar-refractivity contribution >= 4 is 0 Å². The molecule has 2 fully saturated rings. The van der Waals surface area contributed by atoms with Crippen LogP contribution in [0.3, 0.4) is 0 Å². The predicted molar refractivity (Wildman–Crippen MR) is 91.2 cm³/mol. The Morgan fingerprint density at radius 2 is 1.90 bits per heavy atom. The Labute approximate surface area is 132 Å². The van der Waals surface area contributed by atoms with E-state index in [2.05, 4.69) is 34.6 Å². The van der Waals surface area contributed by atoms with Gasteiger partial charge in [0.1, 0.15) is 0 Å². The van der Waals surface area contributed by atoms with Gasteiger partial charge in [-0.25, -0.2) is 0 Å². The predicted octanol–water partition coefficient (Wildman–Crippen LogP) is 5.58. The van der Waals surface area contributed by atoms with Gasteiger partial charge in [-0.15, -0.1) is 0 Å². The molecule has 1 unspecified atom stereocenters. The smallest absolute Gasteiger partial charge is 0.0614 e. The van der Waals surface area contributed by atoms with E-state index in [1.807, 2.05) is 6.08 Å². The van der Waals surface area contributed by atoms with Crippen molar-refractivity contribution in [1.82, 2.24) is 0 Å². The summed E-state index contributed by atoms with van der Waals surface area (Å²) in [6.45, 7) is 12.5. The molecule has 0 aromatic carbocycles. The van der Waals surface area contributed by atoms with E-state index in [1.165, 1.54) is 44.1 Å². The first-order valence-electron chi connectivity index (χ1n) is 9.08. The van der Waals surface area contributed by atoms with Crippen molar-refractivity contribution in [2.24, 2.45) is 28.6 Å². The molecule has 2 saturated carbocycles. The van der Waals surface area contributed by atoms with Gasteiger partial charge in [0.15, 0.2) is 0 Å². The van der Waals surface area contributed by atoms with E-state index in [1.54, 1.807) is 0 Å². The molecule has 2 aliphatic rings. The summed E-state index contributed by atoms with van der Waals surface area (Å²) in [6.07, 6.45) is 11.6. The average Bonchev–Trinajstić information content (AvgIpc) is 2.37. The fourth-order valence-corrected chi connectivity index (χ4v) is 5.87. The highest BCUT2D eigenvalue weighted by Gasteiger charge is 2.53. The highest BCUT2D eigenvalue weighted by molar-refractivity contribution is 5.05. The summed E-state index contributed by atoms with van der Waals surface area (Å²) in [5.41, 5.74) is 2.44. The van der Waals surface area contributed by atoms with Crippen molar-refractivity contribution < 1.29 is 5.11 Å². The van der Waals surface area contributed by atoms with Gasteiger partial charge in [0.2, 0.25) is 0 Å². The number of aliphatic hydroxyl groups is 1. The molecule has 0 bridgehead atoms. The lowest BCUT2D eigenvalue weighted by Gasteiger charge is -2.59. The van der Waals surface area contributed by atoms with E-state index in [0.717, 1.165) is 24.2 Å². The quantitative estimate of drug-likeness (QED) is 0.670. The van der Waals surface area contributed by atoms with Crippen LogP contribution in [0.2, 0.25) is 0 Å². The summed E-state index contributed by atoms with van der Waals surface area (Å²) in [5, 5.41) is 9.06. The molecule has 1 nitrogen and oxygen atoms in total. The summed E-state index contributed by atoms with van der Waals surface area (Å²) in [4.78, 5) is 0. The first-order valence-corrected chi connectivity index (χ1v) is 9.08. The third-order valence-electron chi connectivity index (χ3n) is 7.01. The molecular weight excluding hydrogens is 256 g/mol. The summed E-state index contributed by atoms with van der Waals surface area (Å²) in [6, 6.07) is 0. The first kappa shape index (κ1) is 17.1. The molecule has 0 saturated heterocycles. The molecule has 0 radical (unpaired) electrons. The molecule has 0 aromatic heterocycles. The SMILES string of the molecule is CC(=CCO)CCC1[C@@H](C)CC[C@H]2C(C)(C)CCC[C@]12C. The van der Waals surface area contributed by atoms with Crippen LogP contribution >= 0.6 is 0 Å². The average molecular weight is 293 g/mol. The Kier molecular flexibility index (Phi) is 5.23. The van der Waals surface area contributed by atoms with Crippen LogP contribution < -0.4 is 0 Å². The normalized spacial score (nSPS) is 39.9. The lowest BCUT2D eigenvalue weighted by Crippen LogP contribution is -2.51. The molecule has 122 valence electrons. The largest absolute Gasteiger partial charge is 0.392 e. The highest BCUT2D eigenvalue weighted by atomic mass is 16.2. The summed E-state index contributed by atoms with van der Waals surface area (Å²) < 4.78 is 0. The van der Waals surface area contributed by atoms with Crippen LogP contribution in [0.1, 0.15) is 79.6 Å². The van der Waals surface area contributed by atoms with E-state index in [0.29, 0.717) is 10.8 Å². The standard InChI is InChI=1S/C20H36O/c1-15(11-14-21)7-9-17-16(2)8-10-18-19(3,4)12-6-13-20(17,18)5/h11,16-18,21H,6-10,12-14H2,1-5H3/t16-,17?,18-,20+/m0/s1. The van der Waals surface area contributed by atoms with Crippen molar-refractivity contribution in [3.8, 4) is 0 Å². The Morgan fingerprint density at radius 1 is 1.19 bits per heavy atom. The molecule has 0 heterocycles. The van der Waals surface area contributed by atoms with Crippen molar-refractivity contribution in [3.05, 3.63) is 11.6 Å². The van der Waals surface area contributed by atoms with E-state index in [4.69, 9.17) is 5.11 Å². The minimum atomic E-state index is 0.193. The molecule has 1 N–H and O–H groups in total. The van der Waals surface area contributed by atoms with E-state index in [9.17, 15) is 0 Å². The molecular formula is C20H36O. The first-order chi connectivity index (χ1) is 9.81. The second-order valence-corrected chi connectivity index (χ2v) is 8.83. The molecule has 0 spiro atoms. The Balaban J connectivity index is 2.15. The molecule has 21 heavy (non-hydrogen) atoms. The minimum absolute atomic E-state index is 0.193. The number of hydrogen-bond donors (Lipinski definition) is 1. The lowest BCUT2D eigenvalue weighted by atomic mass is 9.46. The number of allylic oxidation sites excluding steroid dienone is 1. The number of aliphatic hydroxyl groups excluding tert-OH is 1. The van der Waals surface area contributed by atoms with Gasteiger partial charge in [0.25, 0.3) is 0 Å². The summed E-state index contributed by atoms with van der Waals surface area (Å²) in [5.74, 6) is 2.63. The third-order valence-corrected chi connectivity index (χ3v) is 7.01. The number of rotatable bonds is 4. The van der Waals surface area contributed by atoms with Crippen molar-refractivity contribution in [1.29, 1.82) is 0 Å². The summed E-state index contributed by atoms with van der Waals surface area (Å²) in [7, 11) is 0. The highest BCUT2D eigenvalue weighted by Crippen LogP contribution is 2.62. The van der Waals surface area contributed by atoms with Gasteiger partial charge in [-0.05, 0) is 67.6 Å². The van der Waals surface area contributed by atoms with Gasteiger partial charge in [-0.2, -0.15) is 0 Å². The van der Waals surface area contributed by atoms with Crippen LogP contribution in [0, 0.1) is 28.6 Å². The van der Waals surface area contributed by atoms with Crippen LogP contribution in [0.4, 0.5) is 0 Å². The topological polar surface area (TPSA) is 20.2 Å². The zero-order valence-electron chi connectivity index (χ0n) is 14.9. The second-order valence-electron chi connectivity index (χ2n) is 8.83. The van der Waals surface area contributed by atoms with Gasteiger partial charge in [-0.1, -0.05) is 52.2 Å². The fourth-order valence-electron chi connectivity index (χ4n) is 5.87. The maximum atomic E-state index is 9.06. The maximum Gasteiger partial charge on any atom is 0.0614 e. The molecule has 0 amide bonds. The molecule has 2 aliphatic carbocycles. The molecule has 1 heteroatoms. The van der Waals surface area contributed by atoms with Gasteiger partial charge in [0.05, 0.1) is 6.61 Å². The zero-order valence-corrected chi connectivity index (χ0v) is 14.9. The van der Waals surface area contributed by atoms with Gasteiger partial charge in [0, 0.05) is 0 Å². The van der Waals surface area contributed by atoms with Gasteiger partial charge >= 0.3 is 0 Å². The van der Waals surface area contributed by atoms with Crippen LogP contribution in [0.5, 0.6) is 0 Å². The maximum absolute atomic E-state index is 9.06. The number of hydrogen-bond acceptors (Lipinski definition) is 1. The van der Waals surface area contributed by atoms with Crippen molar-refractivity contribution in [2.75, 3.05) is 6.61 Å². The molecule has 0 aromatic rings. The lowest BCUT2D eigenvalue weighted by molar-refractivity contribution is -0.0957. The van der Waals surface area contributed by atoms with Crippen molar-refractivity contribution in [3.63, 3.8) is 0 Å². The van der Waals surface area contributed by atoms with E-state index >= 15 is 0 Å². The second kappa shape index (κ2) is 6.44. The number of fused-ring (bicyclic) bond motifs is 1. The van der Waals surface area contributed by atoms with Crippen LogP contribution in [-0.4, -0.2) is 11.7 Å². The Morgan fingerprint density at radius 3 is 2.57 bits per heavy atom. The minimum Gasteiger partial charge on any atom is -0.392 e. The van der Waals surface area contributed by atoms with Gasteiger partial charge < -0.3 is 5.11 Å². The molecule has 2 rings (SSSR count). The fraction of sp³-hybridized carbons (Fsp3) is 0.900. The van der Waals surface area contributed by atoms with Crippen LogP contribution in [0.25, 0.3) is 0 Å². The zero-order chi connectivity index (χ0) is 15.7. The van der Waals surface area contributed by atoms with Crippen LogP contribution in [0.15, 0.2) is 11.6 Å².